The van der Waals surface area contributed by atoms with Crippen molar-refractivity contribution in [2.24, 2.45) is 0 Å². The van der Waals surface area contributed by atoms with E-state index in [0.29, 0.717) is 12.3 Å². The van der Waals surface area contributed by atoms with Crippen LogP contribution in [0.4, 0.5) is 0 Å². The predicted octanol–water partition coefficient (Wildman–Crippen LogP) is 3.32. The standard InChI is InChI=1S/C17H15N3O2/c1-2-22-17(21)16-15(13-5-9-19-10-6-13)14(11-20-16)12-3-7-18-8-4-12/h3-11,20H,2H2,1H3. The molecule has 22 heavy (non-hydrogen) atoms. The smallest absolute Gasteiger partial charge is 0.355 e. The van der Waals surface area contributed by atoms with Gasteiger partial charge in [-0.25, -0.2) is 4.79 Å². The Balaban J connectivity index is 2.18. The number of esters is 1. The molecule has 5 nitrogen and oxygen atoms in total. The zero-order valence-corrected chi connectivity index (χ0v) is 12.1. The van der Waals surface area contributed by atoms with Crippen molar-refractivity contribution in [1.82, 2.24) is 15.0 Å². The van der Waals surface area contributed by atoms with Gasteiger partial charge in [0.25, 0.3) is 0 Å². The first-order valence-corrected chi connectivity index (χ1v) is 7.00. The zero-order valence-electron chi connectivity index (χ0n) is 12.1. The van der Waals surface area contributed by atoms with Crippen LogP contribution in [0.3, 0.4) is 0 Å². The molecule has 3 aromatic heterocycles. The topological polar surface area (TPSA) is 67.9 Å². The van der Waals surface area contributed by atoms with Crippen molar-refractivity contribution < 1.29 is 9.53 Å². The van der Waals surface area contributed by atoms with E-state index in [2.05, 4.69) is 15.0 Å². The Morgan fingerprint density at radius 3 is 2.23 bits per heavy atom. The van der Waals surface area contributed by atoms with Crippen molar-refractivity contribution in [1.29, 1.82) is 0 Å². The van der Waals surface area contributed by atoms with E-state index in [1.165, 1.54) is 0 Å². The summed E-state index contributed by atoms with van der Waals surface area (Å²) in [7, 11) is 0. The minimum atomic E-state index is -0.366. The molecule has 3 heterocycles. The highest BCUT2D eigenvalue weighted by atomic mass is 16.5. The third-order valence-electron chi connectivity index (χ3n) is 3.32. The molecule has 0 aliphatic carbocycles. The lowest BCUT2D eigenvalue weighted by Gasteiger charge is -2.07. The molecule has 0 saturated heterocycles. The first kappa shape index (κ1) is 14.0. The fraction of sp³-hybridized carbons (Fsp3) is 0.118. The largest absolute Gasteiger partial charge is 0.461 e. The van der Waals surface area contributed by atoms with Gasteiger partial charge in [-0.15, -0.1) is 0 Å². The van der Waals surface area contributed by atoms with Crippen LogP contribution < -0.4 is 0 Å². The van der Waals surface area contributed by atoms with E-state index in [4.69, 9.17) is 4.74 Å². The summed E-state index contributed by atoms with van der Waals surface area (Å²) in [5, 5.41) is 0. The normalized spacial score (nSPS) is 10.4. The fourth-order valence-corrected chi connectivity index (χ4v) is 2.37. The molecule has 0 atom stereocenters. The molecule has 110 valence electrons. The molecule has 0 radical (unpaired) electrons. The molecule has 0 aliphatic heterocycles. The zero-order chi connectivity index (χ0) is 15.4. The monoisotopic (exact) mass is 293 g/mol. The summed E-state index contributed by atoms with van der Waals surface area (Å²) in [6, 6.07) is 7.55. The summed E-state index contributed by atoms with van der Waals surface area (Å²) >= 11 is 0. The Labute approximate surface area is 128 Å². The number of pyridine rings is 2. The number of rotatable bonds is 4. The van der Waals surface area contributed by atoms with Gasteiger partial charge in [-0.1, -0.05) is 0 Å². The number of aromatic nitrogens is 3. The summed E-state index contributed by atoms with van der Waals surface area (Å²) in [5.74, 6) is -0.366. The maximum atomic E-state index is 12.2. The lowest BCUT2D eigenvalue weighted by molar-refractivity contribution is 0.0521. The number of H-pyrrole nitrogens is 1. The highest BCUT2D eigenvalue weighted by Crippen LogP contribution is 2.34. The van der Waals surface area contributed by atoms with Gasteiger partial charge in [0.15, 0.2) is 0 Å². The SMILES string of the molecule is CCOC(=O)c1[nH]cc(-c2ccncc2)c1-c1ccncc1. The van der Waals surface area contributed by atoms with E-state index >= 15 is 0 Å². The summed E-state index contributed by atoms with van der Waals surface area (Å²) in [6.07, 6.45) is 8.67. The quantitative estimate of drug-likeness (QED) is 0.749. The number of carbonyl (C=O) groups is 1. The van der Waals surface area contributed by atoms with Gasteiger partial charge in [0.1, 0.15) is 5.69 Å². The summed E-state index contributed by atoms with van der Waals surface area (Å²) in [4.78, 5) is 23.3. The molecule has 5 heteroatoms. The third-order valence-corrected chi connectivity index (χ3v) is 3.32. The second kappa shape index (κ2) is 6.22. The second-order valence-electron chi connectivity index (χ2n) is 4.64. The maximum Gasteiger partial charge on any atom is 0.355 e. The van der Waals surface area contributed by atoms with Gasteiger partial charge in [-0.05, 0) is 42.3 Å². The number of hydrogen-bond acceptors (Lipinski definition) is 4. The van der Waals surface area contributed by atoms with Gasteiger partial charge < -0.3 is 9.72 Å². The van der Waals surface area contributed by atoms with Crippen molar-refractivity contribution in [3.63, 3.8) is 0 Å². The van der Waals surface area contributed by atoms with E-state index in [-0.39, 0.29) is 5.97 Å². The van der Waals surface area contributed by atoms with Crippen LogP contribution in [0.25, 0.3) is 22.3 Å². The van der Waals surface area contributed by atoms with Crippen LogP contribution >= 0.6 is 0 Å². The first-order chi connectivity index (χ1) is 10.8. The van der Waals surface area contributed by atoms with Gasteiger partial charge in [0, 0.05) is 42.1 Å². The average molecular weight is 293 g/mol. The highest BCUT2D eigenvalue weighted by molar-refractivity contribution is 6.01. The van der Waals surface area contributed by atoms with Crippen LogP contribution in [0, 0.1) is 0 Å². The molecule has 0 fully saturated rings. The van der Waals surface area contributed by atoms with Crippen LogP contribution in [0.15, 0.2) is 55.2 Å². The van der Waals surface area contributed by atoms with E-state index < -0.39 is 0 Å². The molecule has 3 aromatic rings. The number of nitrogens with one attached hydrogen (secondary N) is 1. The van der Waals surface area contributed by atoms with E-state index in [1.54, 1.807) is 31.7 Å². The third kappa shape index (κ3) is 2.61. The first-order valence-electron chi connectivity index (χ1n) is 7.00. The summed E-state index contributed by atoms with van der Waals surface area (Å²) < 4.78 is 5.14. The number of ether oxygens (including phenoxy) is 1. The Morgan fingerprint density at radius 1 is 1.05 bits per heavy atom. The van der Waals surface area contributed by atoms with Crippen LogP contribution in [0.2, 0.25) is 0 Å². The highest BCUT2D eigenvalue weighted by Gasteiger charge is 2.20. The molecule has 3 rings (SSSR count). The number of aromatic amines is 1. The number of carbonyl (C=O) groups excluding carboxylic acids is 1. The van der Waals surface area contributed by atoms with Gasteiger partial charge in [0.2, 0.25) is 0 Å². The van der Waals surface area contributed by atoms with E-state index in [1.807, 2.05) is 30.5 Å². The fourth-order valence-electron chi connectivity index (χ4n) is 2.37. The Bertz CT molecular complexity index is 767. The minimum absolute atomic E-state index is 0.332. The van der Waals surface area contributed by atoms with Gasteiger partial charge >= 0.3 is 5.97 Å². The molecule has 0 saturated carbocycles. The average Bonchev–Trinajstić information content (AvgIpc) is 3.02. The number of hydrogen-bond donors (Lipinski definition) is 1. The van der Waals surface area contributed by atoms with Crippen molar-refractivity contribution in [3.05, 3.63) is 60.9 Å². The second-order valence-corrected chi connectivity index (χ2v) is 4.64. The minimum Gasteiger partial charge on any atom is -0.461 e. The lowest BCUT2D eigenvalue weighted by Crippen LogP contribution is -2.06. The summed E-state index contributed by atoms with van der Waals surface area (Å²) in [6.45, 7) is 2.12. The molecular formula is C17H15N3O2. The van der Waals surface area contributed by atoms with Crippen LogP contribution in [-0.2, 0) is 4.74 Å². The molecule has 0 unspecified atom stereocenters. The van der Waals surface area contributed by atoms with Crippen molar-refractivity contribution >= 4 is 5.97 Å². The number of nitrogens with zero attached hydrogens (tertiary/aromatic N) is 2. The van der Waals surface area contributed by atoms with Crippen molar-refractivity contribution in [3.8, 4) is 22.3 Å². The van der Waals surface area contributed by atoms with Crippen LogP contribution in [0.1, 0.15) is 17.4 Å². The predicted molar refractivity (Wildman–Crippen MR) is 83.2 cm³/mol. The molecule has 0 bridgehead atoms. The Kier molecular flexibility index (Phi) is 3.96. The molecular weight excluding hydrogens is 278 g/mol. The molecule has 0 aliphatic rings. The van der Waals surface area contributed by atoms with Gasteiger partial charge in [0.05, 0.1) is 6.61 Å². The molecule has 0 amide bonds. The Morgan fingerprint density at radius 2 is 1.64 bits per heavy atom. The molecule has 1 N–H and O–H groups in total. The van der Waals surface area contributed by atoms with Crippen LogP contribution in [0.5, 0.6) is 0 Å². The van der Waals surface area contributed by atoms with Gasteiger partial charge in [-0.2, -0.15) is 0 Å². The van der Waals surface area contributed by atoms with E-state index in [9.17, 15) is 4.79 Å². The van der Waals surface area contributed by atoms with Crippen molar-refractivity contribution in [2.75, 3.05) is 6.61 Å². The Hall–Kier alpha value is -2.95. The van der Waals surface area contributed by atoms with Crippen molar-refractivity contribution in [2.45, 2.75) is 6.92 Å². The maximum absolute atomic E-state index is 12.2. The lowest BCUT2D eigenvalue weighted by atomic mass is 9.98. The summed E-state index contributed by atoms with van der Waals surface area (Å²) in [5.41, 5.74) is 4.07. The molecule has 0 spiro atoms. The molecule has 0 aromatic carbocycles. The van der Waals surface area contributed by atoms with E-state index in [0.717, 1.165) is 22.3 Å². The van der Waals surface area contributed by atoms with Gasteiger partial charge in [-0.3, -0.25) is 9.97 Å². The van der Waals surface area contributed by atoms with Crippen LogP contribution in [-0.4, -0.2) is 27.5 Å².